The first kappa shape index (κ1) is 15.5. The summed E-state index contributed by atoms with van der Waals surface area (Å²) < 4.78 is 5.85. The molecule has 1 unspecified atom stereocenters. The maximum Gasteiger partial charge on any atom is 0.120 e. The Morgan fingerprint density at radius 1 is 1.00 bits per heavy atom. The Morgan fingerprint density at radius 2 is 1.67 bits per heavy atom. The molecule has 2 aromatic rings. The molecule has 0 saturated heterocycles. The van der Waals surface area contributed by atoms with E-state index in [1.807, 2.05) is 56.3 Å². The molecule has 0 bridgehead atoms. The van der Waals surface area contributed by atoms with Gasteiger partial charge in [0.15, 0.2) is 0 Å². The minimum Gasteiger partial charge on any atom is -0.489 e. The zero-order chi connectivity index (χ0) is 15.3. The summed E-state index contributed by atoms with van der Waals surface area (Å²) in [7, 11) is 3.99. The van der Waals surface area contributed by atoms with Gasteiger partial charge in [-0.15, -0.1) is 0 Å². The third kappa shape index (κ3) is 4.59. The van der Waals surface area contributed by atoms with E-state index in [4.69, 9.17) is 10.5 Å². The topological polar surface area (TPSA) is 38.5 Å². The van der Waals surface area contributed by atoms with E-state index in [0.717, 1.165) is 12.2 Å². The summed E-state index contributed by atoms with van der Waals surface area (Å²) in [5.41, 5.74) is 8.28. The zero-order valence-electron chi connectivity index (χ0n) is 13.0. The first-order valence-electron chi connectivity index (χ1n) is 7.19. The van der Waals surface area contributed by atoms with Gasteiger partial charge in [0.2, 0.25) is 0 Å². The van der Waals surface area contributed by atoms with Crippen LogP contribution in [0.2, 0.25) is 0 Å². The van der Waals surface area contributed by atoms with Crippen molar-refractivity contribution in [2.24, 2.45) is 5.73 Å². The number of hydrogen-bond donors (Lipinski definition) is 1. The summed E-state index contributed by atoms with van der Waals surface area (Å²) in [6.07, 6.45) is 0.780. The number of rotatable bonds is 6. The molecular weight excluding hydrogens is 260 g/mol. The molecule has 2 N–H and O–H groups in total. The third-order valence-electron chi connectivity index (χ3n) is 3.73. The van der Waals surface area contributed by atoms with E-state index in [1.165, 1.54) is 11.1 Å². The van der Waals surface area contributed by atoms with Gasteiger partial charge in [-0.25, -0.2) is 0 Å². The maximum absolute atomic E-state index is 6.29. The summed E-state index contributed by atoms with van der Waals surface area (Å²) in [6, 6.07) is 18.3. The Hall–Kier alpha value is -1.84. The Bertz CT molecular complexity index is 564. The number of ether oxygens (including phenoxy) is 1. The van der Waals surface area contributed by atoms with E-state index in [9.17, 15) is 0 Å². The molecule has 21 heavy (non-hydrogen) atoms. The molecule has 0 aliphatic heterocycles. The van der Waals surface area contributed by atoms with Crippen LogP contribution in [0.4, 0.5) is 0 Å². The van der Waals surface area contributed by atoms with Gasteiger partial charge in [0, 0.05) is 6.42 Å². The monoisotopic (exact) mass is 284 g/mol. The zero-order valence-corrected chi connectivity index (χ0v) is 13.0. The third-order valence-corrected chi connectivity index (χ3v) is 3.73. The van der Waals surface area contributed by atoms with Crippen LogP contribution in [-0.4, -0.2) is 24.7 Å². The van der Waals surface area contributed by atoms with Crippen molar-refractivity contribution in [3.63, 3.8) is 0 Å². The van der Waals surface area contributed by atoms with Crippen LogP contribution in [-0.2, 0) is 13.0 Å². The fraction of sp³-hybridized carbons (Fsp3) is 0.333. The molecule has 0 aliphatic carbocycles. The highest BCUT2D eigenvalue weighted by Crippen LogP contribution is 2.19. The van der Waals surface area contributed by atoms with Gasteiger partial charge >= 0.3 is 0 Å². The van der Waals surface area contributed by atoms with E-state index in [2.05, 4.69) is 24.3 Å². The average molecular weight is 284 g/mol. The van der Waals surface area contributed by atoms with Gasteiger partial charge in [-0.2, -0.15) is 0 Å². The lowest BCUT2D eigenvalue weighted by Crippen LogP contribution is -2.51. The molecule has 1 atom stereocenters. The second kappa shape index (κ2) is 6.74. The smallest absolute Gasteiger partial charge is 0.120 e. The van der Waals surface area contributed by atoms with E-state index in [0.29, 0.717) is 6.61 Å². The molecule has 0 aliphatic rings. The first-order chi connectivity index (χ1) is 9.97. The van der Waals surface area contributed by atoms with Gasteiger partial charge in [-0.1, -0.05) is 42.5 Å². The molecule has 112 valence electrons. The summed E-state index contributed by atoms with van der Waals surface area (Å²) in [5, 5.41) is 0. The maximum atomic E-state index is 6.29. The van der Waals surface area contributed by atoms with Crippen molar-refractivity contribution < 1.29 is 4.74 Å². The molecule has 3 heteroatoms. The van der Waals surface area contributed by atoms with Crippen LogP contribution in [0.5, 0.6) is 5.75 Å². The fourth-order valence-electron chi connectivity index (χ4n) is 2.06. The highest BCUT2D eigenvalue weighted by molar-refractivity contribution is 5.30. The number of nitrogens with zero attached hydrogens (tertiary/aromatic N) is 1. The van der Waals surface area contributed by atoms with Crippen molar-refractivity contribution in [3.05, 3.63) is 65.7 Å². The van der Waals surface area contributed by atoms with Crippen LogP contribution in [0.15, 0.2) is 54.6 Å². The summed E-state index contributed by atoms with van der Waals surface area (Å²) in [4.78, 5) is 2.03. The molecule has 0 fully saturated rings. The molecule has 0 amide bonds. The first-order valence-corrected chi connectivity index (χ1v) is 7.19. The van der Waals surface area contributed by atoms with Crippen molar-refractivity contribution in [1.29, 1.82) is 0 Å². The van der Waals surface area contributed by atoms with Gasteiger partial charge in [0.1, 0.15) is 12.4 Å². The number of benzene rings is 2. The number of nitrogens with two attached hydrogens (primary N) is 1. The lowest BCUT2D eigenvalue weighted by atomic mass is 10.0. The average Bonchev–Trinajstić information content (AvgIpc) is 2.46. The lowest BCUT2D eigenvalue weighted by molar-refractivity contribution is 0.180. The number of hydrogen-bond acceptors (Lipinski definition) is 3. The molecule has 0 saturated carbocycles. The summed E-state index contributed by atoms with van der Waals surface area (Å²) in [5.74, 6) is 0.880. The minimum absolute atomic E-state index is 0.363. The summed E-state index contributed by atoms with van der Waals surface area (Å²) >= 11 is 0. The second-order valence-corrected chi connectivity index (χ2v) is 5.85. The minimum atomic E-state index is -0.363. The summed E-state index contributed by atoms with van der Waals surface area (Å²) in [6.45, 7) is 2.61. The van der Waals surface area contributed by atoms with Crippen molar-refractivity contribution in [3.8, 4) is 5.75 Å². The van der Waals surface area contributed by atoms with E-state index < -0.39 is 0 Å². The predicted octanol–water partition coefficient (Wildman–Crippen LogP) is 3.04. The highest BCUT2D eigenvalue weighted by Gasteiger charge is 2.21. The molecule has 0 spiro atoms. The molecule has 0 aromatic heterocycles. The van der Waals surface area contributed by atoms with Crippen molar-refractivity contribution in [2.45, 2.75) is 25.6 Å². The van der Waals surface area contributed by atoms with Gasteiger partial charge in [0.25, 0.3) is 0 Å². The van der Waals surface area contributed by atoms with Crippen molar-refractivity contribution in [2.75, 3.05) is 14.1 Å². The van der Waals surface area contributed by atoms with Gasteiger partial charge in [-0.05, 0) is 44.3 Å². The molecule has 0 radical (unpaired) electrons. The second-order valence-electron chi connectivity index (χ2n) is 5.85. The van der Waals surface area contributed by atoms with E-state index >= 15 is 0 Å². The fourth-order valence-corrected chi connectivity index (χ4v) is 2.06. The predicted molar refractivity (Wildman–Crippen MR) is 87.2 cm³/mol. The van der Waals surface area contributed by atoms with Crippen LogP contribution in [0.1, 0.15) is 18.1 Å². The Labute approximate surface area is 127 Å². The van der Waals surface area contributed by atoms with E-state index in [1.54, 1.807) is 0 Å². The lowest BCUT2D eigenvalue weighted by Gasteiger charge is -2.32. The van der Waals surface area contributed by atoms with E-state index in [-0.39, 0.29) is 5.66 Å². The normalized spacial score (nSPS) is 14.0. The number of likely N-dealkylation sites (N-methyl/N-ethyl adjacent to an activating group) is 1. The standard InChI is InChI=1S/C18H24N2O/c1-18(19,20(2)3)13-16-10-7-11-17(12-16)21-14-15-8-5-4-6-9-15/h4-12H,13-14,19H2,1-3H3. The molecular formula is C18H24N2O. The van der Waals surface area contributed by atoms with Crippen molar-refractivity contribution in [1.82, 2.24) is 4.90 Å². The molecule has 0 heterocycles. The van der Waals surface area contributed by atoms with Crippen LogP contribution >= 0.6 is 0 Å². The Morgan fingerprint density at radius 3 is 2.33 bits per heavy atom. The Balaban J connectivity index is 2.01. The van der Waals surface area contributed by atoms with Gasteiger partial charge in [-0.3, -0.25) is 4.90 Å². The van der Waals surface area contributed by atoms with Crippen LogP contribution in [0.25, 0.3) is 0 Å². The molecule has 2 rings (SSSR count). The van der Waals surface area contributed by atoms with Gasteiger partial charge in [0.05, 0.1) is 5.66 Å². The molecule has 3 nitrogen and oxygen atoms in total. The Kier molecular flexibility index (Phi) is 4.99. The van der Waals surface area contributed by atoms with Crippen LogP contribution in [0.3, 0.4) is 0 Å². The van der Waals surface area contributed by atoms with Gasteiger partial charge < -0.3 is 10.5 Å². The van der Waals surface area contributed by atoms with Crippen LogP contribution < -0.4 is 10.5 Å². The van der Waals surface area contributed by atoms with Crippen molar-refractivity contribution >= 4 is 0 Å². The SMILES string of the molecule is CN(C)C(C)(N)Cc1cccc(OCc2ccccc2)c1. The van der Waals surface area contributed by atoms with Crippen LogP contribution in [0, 0.1) is 0 Å². The quantitative estimate of drug-likeness (QED) is 0.829. The largest absolute Gasteiger partial charge is 0.489 e. The highest BCUT2D eigenvalue weighted by atomic mass is 16.5. The molecule has 2 aromatic carbocycles.